The summed E-state index contributed by atoms with van der Waals surface area (Å²) in [5, 5.41) is 9.25. The molecule has 1 saturated carbocycles. The number of carbonyl (C=O) groups excluding carboxylic acids is 1. The normalized spacial score (nSPS) is 18.6. The Morgan fingerprint density at radius 3 is 2.09 bits per heavy atom. The zero-order valence-corrected chi connectivity index (χ0v) is 13.1. The van der Waals surface area contributed by atoms with Crippen LogP contribution in [0.4, 0.5) is 13.2 Å². The maximum absolute atomic E-state index is 12.4. The third-order valence-corrected chi connectivity index (χ3v) is 3.54. The Kier molecular flexibility index (Phi) is 5.87. The topological polar surface area (TPSA) is 63.6 Å². The number of halogens is 3. The molecule has 0 aliphatic heterocycles. The number of hydrogen-bond donors (Lipinski definition) is 1. The summed E-state index contributed by atoms with van der Waals surface area (Å²) in [6.07, 6.45) is -4.21. The van der Waals surface area contributed by atoms with Gasteiger partial charge < -0.3 is 9.84 Å². The van der Waals surface area contributed by atoms with Crippen LogP contribution < -0.4 is 0 Å². The summed E-state index contributed by atoms with van der Waals surface area (Å²) in [5.41, 5.74) is -0.800. The number of aliphatic carboxylic acids is 1. The number of carboxylic acids is 1. The predicted octanol–water partition coefficient (Wildman–Crippen LogP) is 3.79. The molecule has 1 aliphatic rings. The first kappa shape index (κ1) is 18.8. The van der Waals surface area contributed by atoms with Gasteiger partial charge in [0.05, 0.1) is 11.8 Å². The van der Waals surface area contributed by atoms with Crippen LogP contribution in [0.5, 0.6) is 0 Å². The molecule has 0 amide bonds. The van der Waals surface area contributed by atoms with E-state index >= 15 is 0 Å². The largest absolute Gasteiger partial charge is 0.481 e. The van der Waals surface area contributed by atoms with Gasteiger partial charge in [-0.05, 0) is 39.5 Å². The molecule has 0 saturated heterocycles. The quantitative estimate of drug-likeness (QED) is 0.724. The molecule has 0 aromatic rings. The van der Waals surface area contributed by atoms with Crippen LogP contribution >= 0.6 is 0 Å². The average molecular weight is 324 g/mol. The third-order valence-electron chi connectivity index (χ3n) is 3.54. The van der Waals surface area contributed by atoms with Crippen LogP contribution in [-0.2, 0) is 14.3 Å². The van der Waals surface area contributed by atoms with Crippen molar-refractivity contribution in [3.8, 4) is 0 Å². The Labute approximate surface area is 128 Å². The molecular formula is C15H23F3O4. The minimum Gasteiger partial charge on any atom is -0.481 e. The van der Waals surface area contributed by atoms with E-state index < -0.39 is 48.4 Å². The van der Waals surface area contributed by atoms with Crippen LogP contribution in [-0.4, -0.2) is 28.8 Å². The molecule has 4 nitrogen and oxygen atoms in total. The highest BCUT2D eigenvalue weighted by Crippen LogP contribution is 2.40. The van der Waals surface area contributed by atoms with Crippen LogP contribution in [0.15, 0.2) is 0 Å². The van der Waals surface area contributed by atoms with Crippen LogP contribution in [0.25, 0.3) is 0 Å². The molecule has 1 aliphatic carbocycles. The van der Waals surface area contributed by atoms with E-state index in [2.05, 4.69) is 0 Å². The maximum atomic E-state index is 12.4. The zero-order chi connectivity index (χ0) is 17.1. The summed E-state index contributed by atoms with van der Waals surface area (Å²) in [5.74, 6) is -4.26. The Morgan fingerprint density at radius 1 is 1.18 bits per heavy atom. The highest BCUT2D eigenvalue weighted by atomic mass is 19.4. The molecule has 128 valence electrons. The minimum absolute atomic E-state index is 0.213. The van der Waals surface area contributed by atoms with Gasteiger partial charge in [0.2, 0.25) is 0 Å². The second kappa shape index (κ2) is 6.87. The lowest BCUT2D eigenvalue weighted by molar-refractivity contribution is -0.170. The van der Waals surface area contributed by atoms with Gasteiger partial charge in [-0.3, -0.25) is 9.59 Å². The SMILES string of the molecule is CC(C)(C)OC(=O)[C@H](CC1CC1)[C@@H](CCC(F)(F)F)C(=O)O. The Bertz CT molecular complexity index is 408. The highest BCUT2D eigenvalue weighted by Gasteiger charge is 2.42. The van der Waals surface area contributed by atoms with E-state index in [1.807, 2.05) is 0 Å². The van der Waals surface area contributed by atoms with E-state index in [4.69, 9.17) is 4.74 Å². The maximum Gasteiger partial charge on any atom is 0.389 e. The van der Waals surface area contributed by atoms with Crippen LogP contribution in [0.3, 0.4) is 0 Å². The first-order chi connectivity index (χ1) is 9.89. The standard InChI is InChI=1S/C15H23F3O4/c1-14(2,3)22-13(21)11(8-9-4-5-9)10(12(19)20)6-7-15(16,17)18/h9-11H,4-8H2,1-3H3,(H,19,20)/t10-,11-/m1/s1. The molecule has 0 aromatic heterocycles. The van der Waals surface area contributed by atoms with Crippen LogP contribution in [0.2, 0.25) is 0 Å². The summed E-state index contributed by atoms with van der Waals surface area (Å²) in [6, 6.07) is 0. The first-order valence-electron chi connectivity index (χ1n) is 7.41. The van der Waals surface area contributed by atoms with Crippen molar-refractivity contribution in [2.45, 2.75) is 64.7 Å². The lowest BCUT2D eigenvalue weighted by Crippen LogP contribution is -2.36. The van der Waals surface area contributed by atoms with Gasteiger partial charge in [0.1, 0.15) is 5.60 Å². The molecule has 2 atom stereocenters. The number of esters is 1. The second-order valence-corrected chi connectivity index (χ2v) is 6.92. The molecular weight excluding hydrogens is 301 g/mol. The fraction of sp³-hybridized carbons (Fsp3) is 0.867. The van der Waals surface area contributed by atoms with Crippen molar-refractivity contribution in [1.82, 2.24) is 0 Å². The van der Waals surface area contributed by atoms with Gasteiger partial charge in [0.25, 0.3) is 0 Å². The monoisotopic (exact) mass is 324 g/mol. The number of carbonyl (C=O) groups is 2. The smallest absolute Gasteiger partial charge is 0.389 e. The predicted molar refractivity (Wildman–Crippen MR) is 73.1 cm³/mol. The number of hydrogen-bond acceptors (Lipinski definition) is 3. The summed E-state index contributed by atoms with van der Waals surface area (Å²) < 4.78 is 42.4. The van der Waals surface area contributed by atoms with Gasteiger partial charge in [0, 0.05) is 6.42 Å². The summed E-state index contributed by atoms with van der Waals surface area (Å²) >= 11 is 0. The number of alkyl halides is 3. The van der Waals surface area contributed by atoms with E-state index in [9.17, 15) is 27.9 Å². The molecule has 0 heterocycles. The Balaban J connectivity index is 2.84. The van der Waals surface area contributed by atoms with Crippen molar-refractivity contribution in [1.29, 1.82) is 0 Å². The van der Waals surface area contributed by atoms with E-state index in [-0.39, 0.29) is 12.3 Å². The van der Waals surface area contributed by atoms with Crippen molar-refractivity contribution in [2.75, 3.05) is 0 Å². The Hall–Kier alpha value is -1.27. The number of ether oxygens (including phenoxy) is 1. The lowest BCUT2D eigenvalue weighted by Gasteiger charge is -2.27. The van der Waals surface area contributed by atoms with Crippen LogP contribution in [0, 0.1) is 17.8 Å². The molecule has 0 radical (unpaired) electrons. The van der Waals surface area contributed by atoms with Crippen molar-refractivity contribution >= 4 is 11.9 Å². The third kappa shape index (κ3) is 7.13. The summed E-state index contributed by atoms with van der Waals surface area (Å²) in [4.78, 5) is 23.6. The molecule has 0 bridgehead atoms. The Morgan fingerprint density at radius 2 is 1.73 bits per heavy atom. The molecule has 1 N–H and O–H groups in total. The molecule has 1 fully saturated rings. The van der Waals surface area contributed by atoms with E-state index in [1.54, 1.807) is 20.8 Å². The van der Waals surface area contributed by atoms with Gasteiger partial charge in [-0.15, -0.1) is 0 Å². The van der Waals surface area contributed by atoms with Gasteiger partial charge in [-0.1, -0.05) is 12.8 Å². The number of rotatable bonds is 7. The molecule has 0 unspecified atom stereocenters. The van der Waals surface area contributed by atoms with Crippen molar-refractivity contribution < 1.29 is 32.6 Å². The van der Waals surface area contributed by atoms with Gasteiger partial charge in [-0.2, -0.15) is 13.2 Å². The fourth-order valence-corrected chi connectivity index (χ4v) is 2.33. The van der Waals surface area contributed by atoms with Crippen molar-refractivity contribution in [3.63, 3.8) is 0 Å². The summed E-state index contributed by atoms with van der Waals surface area (Å²) in [6.45, 7) is 4.93. The van der Waals surface area contributed by atoms with Crippen LogP contribution in [0.1, 0.15) is 52.9 Å². The number of carboxylic acid groups (broad SMARTS) is 1. The van der Waals surface area contributed by atoms with Gasteiger partial charge >= 0.3 is 18.1 Å². The lowest BCUT2D eigenvalue weighted by atomic mass is 9.84. The molecule has 0 spiro atoms. The van der Waals surface area contributed by atoms with E-state index in [1.165, 1.54) is 0 Å². The molecule has 7 heteroatoms. The second-order valence-electron chi connectivity index (χ2n) is 6.92. The van der Waals surface area contributed by atoms with Crippen molar-refractivity contribution in [3.05, 3.63) is 0 Å². The van der Waals surface area contributed by atoms with Crippen molar-refractivity contribution in [2.24, 2.45) is 17.8 Å². The highest BCUT2D eigenvalue weighted by molar-refractivity contribution is 5.81. The summed E-state index contributed by atoms with van der Waals surface area (Å²) in [7, 11) is 0. The van der Waals surface area contributed by atoms with Gasteiger partial charge in [0.15, 0.2) is 0 Å². The first-order valence-corrected chi connectivity index (χ1v) is 7.41. The molecule has 0 aromatic carbocycles. The average Bonchev–Trinajstić information content (AvgIpc) is 3.07. The van der Waals surface area contributed by atoms with E-state index in [0.29, 0.717) is 0 Å². The van der Waals surface area contributed by atoms with Gasteiger partial charge in [-0.25, -0.2) is 0 Å². The molecule has 22 heavy (non-hydrogen) atoms. The van der Waals surface area contributed by atoms with E-state index in [0.717, 1.165) is 12.8 Å². The fourth-order valence-electron chi connectivity index (χ4n) is 2.33. The molecule has 1 rings (SSSR count). The minimum atomic E-state index is -4.44. The zero-order valence-electron chi connectivity index (χ0n) is 13.1.